The lowest BCUT2D eigenvalue weighted by Gasteiger charge is -2.06. The van der Waals surface area contributed by atoms with Crippen molar-refractivity contribution in [2.45, 2.75) is 0 Å². The maximum absolute atomic E-state index is 12.2. The standard InChI is InChI=1S/C15H9BrClNOS/c16-12-8-10(1-3-13(12)17)15(19)18-11-2-4-14-9(7-11)5-6-20-14/h1-8H,(H,18,19). The zero-order valence-electron chi connectivity index (χ0n) is 10.2. The van der Waals surface area contributed by atoms with E-state index >= 15 is 0 Å². The summed E-state index contributed by atoms with van der Waals surface area (Å²) in [7, 11) is 0. The lowest BCUT2D eigenvalue weighted by molar-refractivity contribution is 0.102. The number of hydrogen-bond donors (Lipinski definition) is 1. The van der Waals surface area contributed by atoms with E-state index in [1.807, 2.05) is 29.6 Å². The summed E-state index contributed by atoms with van der Waals surface area (Å²) in [6, 6.07) is 13.0. The normalized spacial score (nSPS) is 10.7. The number of anilines is 1. The molecule has 0 spiro atoms. The average molecular weight is 367 g/mol. The van der Waals surface area contributed by atoms with Gasteiger partial charge in [0.1, 0.15) is 0 Å². The van der Waals surface area contributed by atoms with Crippen LogP contribution < -0.4 is 5.32 Å². The van der Waals surface area contributed by atoms with Crippen LogP contribution in [0.15, 0.2) is 52.3 Å². The van der Waals surface area contributed by atoms with Gasteiger partial charge >= 0.3 is 0 Å². The first-order valence-corrected chi connectivity index (χ1v) is 7.92. The van der Waals surface area contributed by atoms with Crippen molar-refractivity contribution < 1.29 is 4.79 Å². The number of fused-ring (bicyclic) bond motifs is 1. The highest BCUT2D eigenvalue weighted by atomic mass is 79.9. The molecule has 100 valence electrons. The molecule has 1 amide bonds. The Morgan fingerprint density at radius 3 is 2.80 bits per heavy atom. The van der Waals surface area contributed by atoms with Gasteiger partial charge in [0.2, 0.25) is 0 Å². The second-order valence-electron chi connectivity index (χ2n) is 4.26. The Bertz CT molecular complexity index is 799. The third kappa shape index (κ3) is 2.73. The van der Waals surface area contributed by atoms with E-state index in [-0.39, 0.29) is 5.91 Å². The Morgan fingerprint density at radius 1 is 1.15 bits per heavy atom. The van der Waals surface area contributed by atoms with Crippen LogP contribution in [0.1, 0.15) is 10.4 Å². The van der Waals surface area contributed by atoms with Crippen molar-refractivity contribution in [3.8, 4) is 0 Å². The summed E-state index contributed by atoms with van der Waals surface area (Å²) < 4.78 is 1.91. The molecule has 0 fully saturated rings. The summed E-state index contributed by atoms with van der Waals surface area (Å²) in [5, 5.41) is 6.64. The molecule has 3 aromatic rings. The Balaban J connectivity index is 1.85. The number of carbonyl (C=O) groups is 1. The predicted molar refractivity (Wildman–Crippen MR) is 88.9 cm³/mol. The van der Waals surface area contributed by atoms with Gasteiger partial charge in [-0.15, -0.1) is 11.3 Å². The monoisotopic (exact) mass is 365 g/mol. The first kappa shape index (κ1) is 13.6. The molecule has 1 N–H and O–H groups in total. The summed E-state index contributed by atoms with van der Waals surface area (Å²) in [5.41, 5.74) is 1.35. The van der Waals surface area contributed by atoms with Crippen LogP contribution in [0.5, 0.6) is 0 Å². The van der Waals surface area contributed by atoms with Gasteiger partial charge in [-0.2, -0.15) is 0 Å². The number of benzene rings is 2. The van der Waals surface area contributed by atoms with Gasteiger partial charge in [0.05, 0.1) is 5.02 Å². The fourth-order valence-corrected chi connectivity index (χ4v) is 3.15. The molecule has 1 aromatic heterocycles. The molecule has 0 radical (unpaired) electrons. The minimum atomic E-state index is -0.156. The Morgan fingerprint density at radius 2 is 2.00 bits per heavy atom. The summed E-state index contributed by atoms with van der Waals surface area (Å²) >= 11 is 10.9. The van der Waals surface area contributed by atoms with Crippen LogP contribution >= 0.6 is 38.9 Å². The molecule has 0 aliphatic heterocycles. The Kier molecular flexibility index (Phi) is 3.78. The third-order valence-corrected chi connectivity index (χ3v) is 5.00. The van der Waals surface area contributed by atoms with E-state index in [2.05, 4.69) is 21.2 Å². The quantitative estimate of drug-likeness (QED) is 0.631. The topological polar surface area (TPSA) is 29.1 Å². The Labute approximate surface area is 133 Å². The highest BCUT2D eigenvalue weighted by Gasteiger charge is 2.08. The zero-order chi connectivity index (χ0) is 14.1. The fourth-order valence-electron chi connectivity index (χ4n) is 1.89. The number of amides is 1. The fraction of sp³-hybridized carbons (Fsp3) is 0. The van der Waals surface area contributed by atoms with Crippen LogP contribution in [-0.2, 0) is 0 Å². The highest BCUT2D eigenvalue weighted by molar-refractivity contribution is 9.10. The first-order valence-electron chi connectivity index (χ1n) is 5.87. The molecule has 0 unspecified atom stereocenters. The molecular weight excluding hydrogens is 358 g/mol. The maximum atomic E-state index is 12.2. The van der Waals surface area contributed by atoms with Crippen molar-refractivity contribution in [2.75, 3.05) is 5.32 Å². The molecule has 0 aliphatic carbocycles. The van der Waals surface area contributed by atoms with Crippen molar-refractivity contribution in [1.29, 1.82) is 0 Å². The third-order valence-electron chi connectivity index (χ3n) is 2.89. The van der Waals surface area contributed by atoms with E-state index in [0.717, 1.165) is 11.1 Å². The second-order valence-corrected chi connectivity index (χ2v) is 6.47. The van der Waals surface area contributed by atoms with Crippen LogP contribution in [-0.4, -0.2) is 5.91 Å². The SMILES string of the molecule is O=C(Nc1ccc2sccc2c1)c1ccc(Cl)c(Br)c1. The van der Waals surface area contributed by atoms with Gasteiger partial charge in [-0.1, -0.05) is 11.6 Å². The molecule has 3 rings (SSSR count). The van der Waals surface area contributed by atoms with E-state index in [1.165, 1.54) is 4.70 Å². The van der Waals surface area contributed by atoms with Crippen molar-refractivity contribution in [2.24, 2.45) is 0 Å². The molecule has 0 bridgehead atoms. The van der Waals surface area contributed by atoms with E-state index < -0.39 is 0 Å². The van der Waals surface area contributed by atoms with Crippen molar-refractivity contribution in [1.82, 2.24) is 0 Å². The van der Waals surface area contributed by atoms with Gasteiger partial charge < -0.3 is 5.32 Å². The van der Waals surface area contributed by atoms with E-state index in [4.69, 9.17) is 11.6 Å². The molecule has 0 atom stereocenters. The van der Waals surface area contributed by atoms with E-state index in [0.29, 0.717) is 15.1 Å². The van der Waals surface area contributed by atoms with Gasteiger partial charge in [0.25, 0.3) is 5.91 Å². The zero-order valence-corrected chi connectivity index (χ0v) is 13.3. The smallest absolute Gasteiger partial charge is 0.255 e. The number of thiophene rings is 1. The van der Waals surface area contributed by atoms with Crippen molar-refractivity contribution in [3.63, 3.8) is 0 Å². The Hall–Kier alpha value is -1.36. The van der Waals surface area contributed by atoms with Crippen LogP contribution in [0.3, 0.4) is 0 Å². The number of rotatable bonds is 2. The summed E-state index contributed by atoms with van der Waals surface area (Å²) in [5.74, 6) is -0.156. The second kappa shape index (κ2) is 5.56. The number of halogens is 2. The summed E-state index contributed by atoms with van der Waals surface area (Å²) in [6.07, 6.45) is 0. The molecular formula is C15H9BrClNOS. The number of nitrogens with one attached hydrogen (secondary N) is 1. The highest BCUT2D eigenvalue weighted by Crippen LogP contribution is 2.26. The minimum Gasteiger partial charge on any atom is -0.322 e. The summed E-state index contributed by atoms with van der Waals surface area (Å²) in [6.45, 7) is 0. The lowest BCUT2D eigenvalue weighted by atomic mass is 10.2. The molecule has 20 heavy (non-hydrogen) atoms. The van der Waals surface area contributed by atoms with Gasteiger partial charge in [0, 0.05) is 20.4 Å². The molecule has 1 heterocycles. The minimum absolute atomic E-state index is 0.156. The van der Waals surface area contributed by atoms with E-state index in [1.54, 1.807) is 29.5 Å². The maximum Gasteiger partial charge on any atom is 0.255 e. The predicted octanol–water partition coefficient (Wildman–Crippen LogP) is 5.57. The van der Waals surface area contributed by atoms with Crippen molar-refractivity contribution >= 4 is 60.5 Å². The first-order chi connectivity index (χ1) is 9.63. The number of hydrogen-bond acceptors (Lipinski definition) is 2. The number of carbonyl (C=O) groups excluding carboxylic acids is 1. The van der Waals surface area contributed by atoms with Gasteiger partial charge in [-0.25, -0.2) is 0 Å². The molecule has 0 saturated carbocycles. The van der Waals surface area contributed by atoms with Crippen LogP contribution in [0.25, 0.3) is 10.1 Å². The lowest BCUT2D eigenvalue weighted by Crippen LogP contribution is -2.11. The average Bonchev–Trinajstić information content (AvgIpc) is 2.89. The van der Waals surface area contributed by atoms with E-state index in [9.17, 15) is 4.79 Å². The molecule has 0 aliphatic rings. The van der Waals surface area contributed by atoms with Crippen LogP contribution in [0.4, 0.5) is 5.69 Å². The molecule has 2 aromatic carbocycles. The van der Waals surface area contributed by atoms with Crippen molar-refractivity contribution in [3.05, 3.63) is 62.9 Å². The molecule has 2 nitrogen and oxygen atoms in total. The van der Waals surface area contributed by atoms with Crippen LogP contribution in [0.2, 0.25) is 5.02 Å². The van der Waals surface area contributed by atoms with Gasteiger partial charge in [-0.3, -0.25) is 4.79 Å². The molecule has 5 heteroatoms. The van der Waals surface area contributed by atoms with Gasteiger partial charge in [0.15, 0.2) is 0 Å². The largest absolute Gasteiger partial charge is 0.322 e. The van der Waals surface area contributed by atoms with Gasteiger partial charge in [-0.05, 0) is 69.2 Å². The summed E-state index contributed by atoms with van der Waals surface area (Å²) in [4.78, 5) is 12.2. The molecule has 0 saturated heterocycles. The van der Waals surface area contributed by atoms with Crippen LogP contribution in [0, 0.1) is 0 Å².